The van der Waals surface area contributed by atoms with Crippen LogP contribution in [0.1, 0.15) is 62.6 Å². The number of H-pyrrole nitrogens is 1. The predicted octanol–water partition coefficient (Wildman–Crippen LogP) is 5.00. The zero-order chi connectivity index (χ0) is 25.0. The number of aromatic nitrogens is 4. The van der Waals surface area contributed by atoms with Gasteiger partial charge in [-0.15, -0.1) is 0 Å². The smallest absolute Gasteiger partial charge is 0.152 e. The SMILES string of the molecule is CC(C)c1c(-c2cn(C)c3ncccc23)[nH]c2ccc(C3CCC(N4CCS(=O)(=O)CC4)CC3)nc12. The molecular weight excluding hydrogens is 470 g/mol. The number of pyridine rings is 2. The van der Waals surface area contributed by atoms with Crippen molar-refractivity contribution in [2.45, 2.75) is 57.4 Å². The fourth-order valence-electron chi connectivity index (χ4n) is 6.34. The number of nitrogens with one attached hydrogen (secondary N) is 1. The number of hydrogen-bond acceptors (Lipinski definition) is 5. The van der Waals surface area contributed by atoms with Gasteiger partial charge in [-0.05, 0) is 55.9 Å². The first kappa shape index (κ1) is 23.7. The van der Waals surface area contributed by atoms with Crippen LogP contribution in [0.5, 0.6) is 0 Å². The molecule has 7 nitrogen and oxygen atoms in total. The average molecular weight is 506 g/mol. The lowest BCUT2D eigenvalue weighted by atomic mass is 9.83. The van der Waals surface area contributed by atoms with E-state index < -0.39 is 9.84 Å². The van der Waals surface area contributed by atoms with Crippen molar-refractivity contribution in [1.82, 2.24) is 24.4 Å². The third-order valence-electron chi connectivity index (χ3n) is 8.29. The molecule has 2 fully saturated rings. The van der Waals surface area contributed by atoms with Crippen molar-refractivity contribution >= 4 is 31.9 Å². The fraction of sp³-hybridized carbons (Fsp3) is 0.500. The minimum Gasteiger partial charge on any atom is -0.353 e. The standard InChI is InChI=1S/C28H35N5O2S/c1-18(2)25-26(22-17-32(3)28-21(22)5-4-12-29-28)31-24-11-10-23(30-27(24)25)19-6-8-20(9-7-19)33-13-15-36(34,35)16-14-33/h4-5,10-12,17-20,31H,6-9,13-16H2,1-3H3. The first-order valence-electron chi connectivity index (χ1n) is 13.2. The van der Waals surface area contributed by atoms with E-state index >= 15 is 0 Å². The van der Waals surface area contributed by atoms with E-state index in [1.54, 1.807) is 0 Å². The third kappa shape index (κ3) is 4.14. The lowest BCUT2D eigenvalue weighted by Crippen LogP contribution is -2.47. The summed E-state index contributed by atoms with van der Waals surface area (Å²) in [5.41, 5.74) is 7.93. The van der Waals surface area contributed by atoms with E-state index in [2.05, 4.69) is 57.7 Å². The van der Waals surface area contributed by atoms with Crippen molar-refractivity contribution in [3.63, 3.8) is 0 Å². The summed E-state index contributed by atoms with van der Waals surface area (Å²) < 4.78 is 25.7. The second-order valence-electron chi connectivity index (χ2n) is 10.9. The van der Waals surface area contributed by atoms with Crippen LogP contribution in [0.4, 0.5) is 0 Å². The van der Waals surface area contributed by atoms with Crippen LogP contribution in [-0.2, 0) is 16.9 Å². The summed E-state index contributed by atoms with van der Waals surface area (Å²) in [5, 5.41) is 1.15. The molecule has 4 aromatic rings. The van der Waals surface area contributed by atoms with Crippen LogP contribution in [0.3, 0.4) is 0 Å². The van der Waals surface area contributed by atoms with E-state index in [0.29, 0.717) is 42.5 Å². The molecule has 5 heterocycles. The number of fused-ring (bicyclic) bond motifs is 2. The summed E-state index contributed by atoms with van der Waals surface area (Å²) in [7, 11) is -0.781. The minimum absolute atomic E-state index is 0.311. The molecule has 0 spiro atoms. The van der Waals surface area contributed by atoms with E-state index in [1.165, 1.54) is 16.8 Å². The molecule has 1 saturated heterocycles. The lowest BCUT2D eigenvalue weighted by molar-refractivity contribution is 0.160. The average Bonchev–Trinajstić information content (AvgIpc) is 3.42. The van der Waals surface area contributed by atoms with Gasteiger partial charge >= 0.3 is 0 Å². The Hall–Kier alpha value is -2.71. The fourth-order valence-corrected chi connectivity index (χ4v) is 7.57. The van der Waals surface area contributed by atoms with Crippen molar-refractivity contribution in [3.05, 3.63) is 47.9 Å². The molecule has 0 aromatic carbocycles. The molecule has 0 unspecified atom stereocenters. The normalized spacial score (nSPS) is 23.1. The van der Waals surface area contributed by atoms with Crippen LogP contribution in [0.2, 0.25) is 0 Å². The number of aryl methyl sites for hydroxylation is 1. The van der Waals surface area contributed by atoms with Crippen molar-refractivity contribution in [2.75, 3.05) is 24.6 Å². The molecule has 0 atom stereocenters. The second-order valence-corrected chi connectivity index (χ2v) is 13.2. The summed E-state index contributed by atoms with van der Waals surface area (Å²) in [6.45, 7) is 5.87. The molecule has 1 aliphatic carbocycles. The van der Waals surface area contributed by atoms with E-state index in [4.69, 9.17) is 4.98 Å². The molecular formula is C28H35N5O2S. The van der Waals surface area contributed by atoms with Gasteiger partial charge in [-0.25, -0.2) is 13.4 Å². The highest BCUT2D eigenvalue weighted by atomic mass is 32.2. The monoisotopic (exact) mass is 505 g/mol. The molecule has 8 heteroatoms. The zero-order valence-electron chi connectivity index (χ0n) is 21.4. The lowest BCUT2D eigenvalue weighted by Gasteiger charge is -2.38. The molecule has 1 aliphatic heterocycles. The maximum Gasteiger partial charge on any atom is 0.152 e. The van der Waals surface area contributed by atoms with E-state index in [9.17, 15) is 8.42 Å². The van der Waals surface area contributed by atoms with E-state index in [1.807, 2.05) is 19.3 Å². The largest absolute Gasteiger partial charge is 0.353 e. The van der Waals surface area contributed by atoms with Gasteiger partial charge < -0.3 is 9.55 Å². The Bertz CT molecular complexity index is 1510. The van der Waals surface area contributed by atoms with Crippen LogP contribution in [-0.4, -0.2) is 63.5 Å². The molecule has 1 saturated carbocycles. The van der Waals surface area contributed by atoms with Gasteiger partial charge in [-0.2, -0.15) is 0 Å². The van der Waals surface area contributed by atoms with Gasteiger partial charge in [-0.1, -0.05) is 13.8 Å². The van der Waals surface area contributed by atoms with Crippen LogP contribution < -0.4 is 0 Å². The Kier molecular flexibility index (Phi) is 5.91. The zero-order valence-corrected chi connectivity index (χ0v) is 22.2. The number of aromatic amines is 1. The van der Waals surface area contributed by atoms with Gasteiger partial charge in [0.05, 0.1) is 28.2 Å². The Morgan fingerprint density at radius 1 is 1.06 bits per heavy atom. The van der Waals surface area contributed by atoms with Gasteiger partial charge in [0.15, 0.2) is 9.84 Å². The molecule has 1 N–H and O–H groups in total. The number of hydrogen-bond donors (Lipinski definition) is 1. The van der Waals surface area contributed by atoms with Gasteiger partial charge in [0.25, 0.3) is 0 Å². The summed E-state index contributed by atoms with van der Waals surface area (Å²) in [6, 6.07) is 9.06. The predicted molar refractivity (Wildman–Crippen MR) is 145 cm³/mol. The van der Waals surface area contributed by atoms with Gasteiger partial charge in [0.1, 0.15) is 5.65 Å². The van der Waals surface area contributed by atoms with Crippen molar-refractivity contribution < 1.29 is 8.42 Å². The Balaban J connectivity index is 1.29. The van der Waals surface area contributed by atoms with Gasteiger partial charge in [-0.3, -0.25) is 9.88 Å². The quantitative estimate of drug-likeness (QED) is 0.422. The molecule has 190 valence electrons. The first-order valence-corrected chi connectivity index (χ1v) is 15.0. The third-order valence-corrected chi connectivity index (χ3v) is 9.90. The molecule has 36 heavy (non-hydrogen) atoms. The minimum atomic E-state index is -2.83. The van der Waals surface area contributed by atoms with E-state index in [0.717, 1.165) is 53.4 Å². The summed E-state index contributed by atoms with van der Waals surface area (Å²) in [4.78, 5) is 15.9. The maximum absolute atomic E-state index is 11.8. The summed E-state index contributed by atoms with van der Waals surface area (Å²) in [5.74, 6) is 1.41. The molecule has 2 aliphatic rings. The van der Waals surface area contributed by atoms with E-state index in [-0.39, 0.29) is 0 Å². The Morgan fingerprint density at radius 2 is 1.81 bits per heavy atom. The molecule has 0 bridgehead atoms. The van der Waals surface area contributed by atoms with Crippen molar-refractivity contribution in [1.29, 1.82) is 0 Å². The second kappa shape index (κ2) is 8.99. The van der Waals surface area contributed by atoms with Crippen molar-refractivity contribution in [3.8, 4) is 11.3 Å². The van der Waals surface area contributed by atoms with Crippen LogP contribution in [0.25, 0.3) is 33.3 Å². The van der Waals surface area contributed by atoms with Crippen LogP contribution >= 0.6 is 0 Å². The van der Waals surface area contributed by atoms with Crippen LogP contribution in [0, 0.1) is 0 Å². The maximum atomic E-state index is 11.8. The Labute approximate surface area is 212 Å². The highest BCUT2D eigenvalue weighted by molar-refractivity contribution is 7.91. The molecule has 0 radical (unpaired) electrons. The number of sulfone groups is 1. The summed E-state index contributed by atoms with van der Waals surface area (Å²) >= 11 is 0. The van der Waals surface area contributed by atoms with Crippen LogP contribution in [0.15, 0.2) is 36.7 Å². The van der Waals surface area contributed by atoms with Gasteiger partial charge in [0, 0.05) is 66.7 Å². The Morgan fingerprint density at radius 3 is 2.53 bits per heavy atom. The number of nitrogens with zero attached hydrogens (tertiary/aromatic N) is 4. The molecule has 4 aromatic heterocycles. The highest BCUT2D eigenvalue weighted by Gasteiger charge is 2.31. The topological polar surface area (TPSA) is 83.9 Å². The number of rotatable bonds is 4. The molecule has 0 amide bonds. The van der Waals surface area contributed by atoms with Crippen molar-refractivity contribution in [2.24, 2.45) is 7.05 Å². The van der Waals surface area contributed by atoms with Gasteiger partial charge in [0.2, 0.25) is 0 Å². The summed E-state index contributed by atoms with van der Waals surface area (Å²) in [6.07, 6.45) is 8.45. The first-order chi connectivity index (χ1) is 17.3. The molecule has 6 rings (SSSR count). The highest BCUT2D eigenvalue weighted by Crippen LogP contribution is 2.40.